The Morgan fingerprint density at radius 2 is 2.38 bits per heavy atom. The molecule has 72 valence electrons. The van der Waals surface area contributed by atoms with Crippen LogP contribution >= 0.6 is 11.3 Å². The van der Waals surface area contributed by atoms with Crippen molar-refractivity contribution in [3.05, 3.63) is 21.9 Å². The van der Waals surface area contributed by atoms with E-state index in [4.69, 9.17) is 0 Å². The first-order valence-electron chi connectivity index (χ1n) is 4.91. The molecule has 1 N–H and O–H groups in total. The summed E-state index contributed by atoms with van der Waals surface area (Å²) in [5, 5.41) is 12.6. The van der Waals surface area contributed by atoms with Crippen molar-refractivity contribution in [2.24, 2.45) is 5.92 Å². The lowest BCUT2D eigenvalue weighted by molar-refractivity contribution is 0.00757. The predicted octanol–water partition coefficient (Wildman–Crippen LogP) is 3.06. The Labute approximate surface area is 83.4 Å². The molecule has 1 fully saturated rings. The Bertz CT molecular complexity index is 305. The molecular weight excluding hydrogens is 180 g/mol. The number of rotatable bonds is 1. The lowest BCUT2D eigenvalue weighted by Crippen LogP contribution is -2.27. The number of thiophene rings is 1. The summed E-state index contributed by atoms with van der Waals surface area (Å²) < 4.78 is 0. The maximum atomic E-state index is 10.5. The van der Waals surface area contributed by atoms with Crippen LogP contribution in [0.2, 0.25) is 0 Å². The fraction of sp³-hybridized carbons (Fsp3) is 0.636. The van der Waals surface area contributed by atoms with Gasteiger partial charge < -0.3 is 5.11 Å². The van der Waals surface area contributed by atoms with Crippen LogP contribution in [0, 0.1) is 12.8 Å². The number of aliphatic hydroxyl groups is 1. The van der Waals surface area contributed by atoms with Gasteiger partial charge in [-0.1, -0.05) is 6.92 Å². The molecule has 1 aromatic heterocycles. The van der Waals surface area contributed by atoms with Crippen LogP contribution in [0.1, 0.15) is 36.6 Å². The average Bonchev–Trinajstić information content (AvgIpc) is 2.62. The summed E-state index contributed by atoms with van der Waals surface area (Å²) in [7, 11) is 0. The molecule has 2 atom stereocenters. The van der Waals surface area contributed by atoms with E-state index < -0.39 is 5.60 Å². The molecule has 0 aromatic carbocycles. The van der Waals surface area contributed by atoms with Crippen molar-refractivity contribution in [3.63, 3.8) is 0 Å². The molecule has 0 radical (unpaired) electrons. The Kier molecular flexibility index (Phi) is 2.20. The highest BCUT2D eigenvalue weighted by molar-refractivity contribution is 7.10. The smallest absolute Gasteiger partial charge is 0.102 e. The molecule has 2 rings (SSSR count). The molecule has 2 heteroatoms. The van der Waals surface area contributed by atoms with Crippen LogP contribution in [0.25, 0.3) is 0 Å². The normalized spacial score (nSPS) is 33.9. The molecule has 1 saturated carbocycles. The third kappa shape index (κ3) is 1.32. The van der Waals surface area contributed by atoms with Crippen LogP contribution in [0.4, 0.5) is 0 Å². The van der Waals surface area contributed by atoms with Gasteiger partial charge in [-0.05, 0) is 49.1 Å². The average molecular weight is 196 g/mol. The summed E-state index contributed by atoms with van der Waals surface area (Å²) in [6, 6.07) is 2.10. The van der Waals surface area contributed by atoms with Gasteiger partial charge in [0.25, 0.3) is 0 Å². The summed E-state index contributed by atoms with van der Waals surface area (Å²) in [4.78, 5) is 1.19. The highest BCUT2D eigenvalue weighted by atomic mass is 32.1. The second kappa shape index (κ2) is 3.10. The number of aryl methyl sites for hydroxylation is 1. The molecule has 1 aromatic rings. The quantitative estimate of drug-likeness (QED) is 0.732. The van der Waals surface area contributed by atoms with Gasteiger partial charge in [0.05, 0.1) is 0 Å². The zero-order chi connectivity index (χ0) is 9.47. The van der Waals surface area contributed by atoms with E-state index in [2.05, 4.69) is 25.3 Å². The van der Waals surface area contributed by atoms with Crippen molar-refractivity contribution in [1.82, 2.24) is 0 Å². The SMILES string of the molecule is Cc1ccsc1C1(O)CCCC1C. The summed E-state index contributed by atoms with van der Waals surface area (Å²) >= 11 is 1.70. The molecule has 0 amide bonds. The van der Waals surface area contributed by atoms with Crippen molar-refractivity contribution < 1.29 is 5.11 Å². The highest BCUT2D eigenvalue weighted by Gasteiger charge is 2.41. The molecule has 13 heavy (non-hydrogen) atoms. The summed E-state index contributed by atoms with van der Waals surface area (Å²) in [5.41, 5.74) is 0.736. The van der Waals surface area contributed by atoms with Crippen molar-refractivity contribution in [2.45, 2.75) is 38.7 Å². The van der Waals surface area contributed by atoms with E-state index in [9.17, 15) is 5.11 Å². The van der Waals surface area contributed by atoms with Gasteiger partial charge in [0.2, 0.25) is 0 Å². The van der Waals surface area contributed by atoms with Crippen molar-refractivity contribution in [2.75, 3.05) is 0 Å². The summed E-state index contributed by atoms with van der Waals surface area (Å²) in [6.07, 6.45) is 3.26. The molecule has 0 spiro atoms. The maximum absolute atomic E-state index is 10.5. The second-order valence-electron chi connectivity index (χ2n) is 4.15. The standard InChI is InChI=1S/C11H16OS/c1-8-5-7-13-10(8)11(12)6-3-4-9(11)2/h5,7,9,12H,3-4,6H2,1-2H3. The largest absolute Gasteiger partial charge is 0.384 e. The molecule has 1 nitrogen and oxygen atoms in total. The molecule has 0 saturated heterocycles. The van der Waals surface area contributed by atoms with Crippen LogP contribution in [0.3, 0.4) is 0 Å². The molecule has 1 aliphatic rings. The summed E-state index contributed by atoms with van der Waals surface area (Å²) in [6.45, 7) is 4.25. The van der Waals surface area contributed by atoms with Crippen molar-refractivity contribution >= 4 is 11.3 Å². The van der Waals surface area contributed by atoms with Gasteiger partial charge in [-0.15, -0.1) is 11.3 Å². The lowest BCUT2D eigenvalue weighted by atomic mass is 9.89. The molecule has 0 bridgehead atoms. The Morgan fingerprint density at radius 3 is 2.85 bits per heavy atom. The first-order chi connectivity index (χ1) is 6.14. The zero-order valence-corrected chi connectivity index (χ0v) is 9.03. The van der Waals surface area contributed by atoms with Gasteiger partial charge in [0, 0.05) is 4.88 Å². The van der Waals surface area contributed by atoms with Gasteiger partial charge >= 0.3 is 0 Å². The maximum Gasteiger partial charge on any atom is 0.102 e. The van der Waals surface area contributed by atoms with Gasteiger partial charge in [0.15, 0.2) is 0 Å². The van der Waals surface area contributed by atoms with E-state index in [0.29, 0.717) is 5.92 Å². The van der Waals surface area contributed by atoms with E-state index in [-0.39, 0.29) is 0 Å². The monoisotopic (exact) mass is 196 g/mol. The molecule has 2 unspecified atom stereocenters. The Morgan fingerprint density at radius 1 is 1.62 bits per heavy atom. The minimum Gasteiger partial charge on any atom is -0.384 e. The molecule has 1 heterocycles. The van der Waals surface area contributed by atoms with E-state index in [1.165, 1.54) is 10.4 Å². The molecule has 1 aliphatic carbocycles. The molecular formula is C11H16OS. The first-order valence-corrected chi connectivity index (χ1v) is 5.79. The highest BCUT2D eigenvalue weighted by Crippen LogP contribution is 2.46. The van der Waals surface area contributed by atoms with Gasteiger partial charge in [-0.25, -0.2) is 0 Å². The van der Waals surface area contributed by atoms with Crippen LogP contribution < -0.4 is 0 Å². The minimum atomic E-state index is -0.516. The molecule has 0 aliphatic heterocycles. The Balaban J connectivity index is 2.39. The number of hydrogen-bond donors (Lipinski definition) is 1. The first kappa shape index (κ1) is 9.22. The van der Waals surface area contributed by atoms with Crippen LogP contribution in [0.15, 0.2) is 11.4 Å². The van der Waals surface area contributed by atoms with Gasteiger partial charge in [-0.2, -0.15) is 0 Å². The second-order valence-corrected chi connectivity index (χ2v) is 5.07. The predicted molar refractivity (Wildman–Crippen MR) is 56.0 cm³/mol. The van der Waals surface area contributed by atoms with E-state index in [1.807, 2.05) is 0 Å². The topological polar surface area (TPSA) is 20.2 Å². The van der Waals surface area contributed by atoms with Gasteiger partial charge in [-0.3, -0.25) is 0 Å². The van der Waals surface area contributed by atoms with Crippen LogP contribution in [0.5, 0.6) is 0 Å². The van der Waals surface area contributed by atoms with E-state index >= 15 is 0 Å². The lowest BCUT2D eigenvalue weighted by Gasteiger charge is -2.27. The van der Waals surface area contributed by atoms with Crippen LogP contribution in [-0.4, -0.2) is 5.11 Å². The summed E-state index contributed by atoms with van der Waals surface area (Å²) in [5.74, 6) is 0.421. The van der Waals surface area contributed by atoms with E-state index in [0.717, 1.165) is 19.3 Å². The third-order valence-electron chi connectivity index (χ3n) is 3.27. The Hall–Kier alpha value is -0.340. The van der Waals surface area contributed by atoms with Crippen molar-refractivity contribution in [1.29, 1.82) is 0 Å². The fourth-order valence-corrected chi connectivity index (χ4v) is 3.49. The fourth-order valence-electron chi connectivity index (χ4n) is 2.32. The minimum absolute atomic E-state index is 0.421. The third-order valence-corrected chi connectivity index (χ3v) is 4.45. The van der Waals surface area contributed by atoms with E-state index in [1.54, 1.807) is 11.3 Å². The van der Waals surface area contributed by atoms with Crippen LogP contribution in [-0.2, 0) is 5.60 Å². The number of hydrogen-bond acceptors (Lipinski definition) is 2. The van der Waals surface area contributed by atoms with Crippen molar-refractivity contribution in [3.8, 4) is 0 Å². The zero-order valence-electron chi connectivity index (χ0n) is 8.21. The van der Waals surface area contributed by atoms with Gasteiger partial charge in [0.1, 0.15) is 5.60 Å².